The van der Waals surface area contributed by atoms with Gasteiger partial charge in [-0.2, -0.15) is 0 Å². The Hall–Kier alpha value is -2.36. The Morgan fingerprint density at radius 3 is 2.50 bits per heavy atom. The van der Waals surface area contributed by atoms with E-state index < -0.39 is 0 Å². The van der Waals surface area contributed by atoms with Gasteiger partial charge >= 0.3 is 0 Å². The minimum atomic E-state index is 0. The molecule has 0 saturated carbocycles. The Bertz CT molecular complexity index is 904. The Morgan fingerprint density at radius 1 is 1.10 bits per heavy atom. The lowest BCUT2D eigenvalue weighted by Crippen LogP contribution is -2.48. The SMILES string of the molecule is CN=C(NCc1ccc(Cn2ccnc2)cc1)N1CCC(C)C(n2ccnc2)C1.I. The zero-order valence-corrected chi connectivity index (χ0v) is 19.9. The molecular formula is C22H30IN7. The van der Waals surface area contributed by atoms with E-state index in [1.165, 1.54) is 11.1 Å². The number of hydrogen-bond donors (Lipinski definition) is 1. The van der Waals surface area contributed by atoms with Gasteiger partial charge in [0.05, 0.1) is 18.7 Å². The number of halogens is 1. The van der Waals surface area contributed by atoms with Gasteiger partial charge < -0.3 is 19.4 Å². The van der Waals surface area contributed by atoms with Crippen LogP contribution in [0, 0.1) is 5.92 Å². The van der Waals surface area contributed by atoms with Gasteiger partial charge in [0, 0.05) is 58.0 Å². The molecule has 2 unspecified atom stereocenters. The predicted octanol–water partition coefficient (Wildman–Crippen LogP) is 3.40. The number of piperidine rings is 1. The summed E-state index contributed by atoms with van der Waals surface area (Å²) in [6.45, 7) is 5.90. The summed E-state index contributed by atoms with van der Waals surface area (Å²) in [6, 6.07) is 9.14. The fourth-order valence-electron chi connectivity index (χ4n) is 3.96. The highest BCUT2D eigenvalue weighted by Crippen LogP contribution is 2.27. The molecule has 0 amide bonds. The normalized spacial score (nSPS) is 19.4. The van der Waals surface area contributed by atoms with Crippen molar-refractivity contribution in [3.05, 3.63) is 72.8 Å². The van der Waals surface area contributed by atoms with Crippen LogP contribution in [0.15, 0.2) is 66.7 Å². The average Bonchev–Trinajstić information content (AvgIpc) is 3.45. The maximum atomic E-state index is 4.53. The highest BCUT2D eigenvalue weighted by atomic mass is 127. The molecule has 8 heteroatoms. The van der Waals surface area contributed by atoms with Crippen molar-refractivity contribution in [2.45, 2.75) is 32.5 Å². The van der Waals surface area contributed by atoms with E-state index in [2.05, 4.69) is 71.7 Å². The molecule has 0 spiro atoms. The second-order valence-electron chi connectivity index (χ2n) is 7.74. The van der Waals surface area contributed by atoms with Crippen molar-refractivity contribution < 1.29 is 0 Å². The van der Waals surface area contributed by atoms with Crippen molar-refractivity contribution in [1.82, 2.24) is 29.3 Å². The highest BCUT2D eigenvalue weighted by Gasteiger charge is 2.28. The maximum absolute atomic E-state index is 4.53. The number of nitrogens with zero attached hydrogens (tertiary/aromatic N) is 6. The first-order valence-electron chi connectivity index (χ1n) is 10.2. The van der Waals surface area contributed by atoms with E-state index in [0.29, 0.717) is 12.0 Å². The van der Waals surface area contributed by atoms with E-state index in [1.54, 1.807) is 0 Å². The number of imidazole rings is 2. The number of rotatable bonds is 5. The number of hydrogen-bond acceptors (Lipinski definition) is 3. The summed E-state index contributed by atoms with van der Waals surface area (Å²) in [5, 5.41) is 3.54. The molecule has 0 radical (unpaired) electrons. The van der Waals surface area contributed by atoms with Gasteiger partial charge in [0.15, 0.2) is 5.96 Å². The minimum absolute atomic E-state index is 0. The van der Waals surface area contributed by atoms with Crippen LogP contribution in [0.3, 0.4) is 0 Å². The third kappa shape index (κ3) is 5.41. The largest absolute Gasteiger partial charge is 0.352 e. The molecular weight excluding hydrogens is 489 g/mol. The third-order valence-corrected chi connectivity index (χ3v) is 5.74. The molecule has 1 aliphatic rings. The van der Waals surface area contributed by atoms with Crippen LogP contribution in [0.5, 0.6) is 0 Å². The summed E-state index contributed by atoms with van der Waals surface area (Å²) in [6.07, 6.45) is 12.6. The molecule has 7 nitrogen and oxygen atoms in total. The fraction of sp³-hybridized carbons (Fsp3) is 0.409. The molecule has 0 bridgehead atoms. The highest BCUT2D eigenvalue weighted by molar-refractivity contribution is 14.0. The fourth-order valence-corrected chi connectivity index (χ4v) is 3.96. The first-order valence-corrected chi connectivity index (χ1v) is 10.2. The number of aromatic nitrogens is 4. The molecule has 1 saturated heterocycles. The van der Waals surface area contributed by atoms with Crippen LogP contribution in [-0.4, -0.2) is 50.1 Å². The first kappa shape index (κ1) is 22.3. The summed E-state index contributed by atoms with van der Waals surface area (Å²) in [4.78, 5) is 15.2. The van der Waals surface area contributed by atoms with Crippen molar-refractivity contribution in [3.8, 4) is 0 Å². The van der Waals surface area contributed by atoms with E-state index >= 15 is 0 Å². The second kappa shape index (κ2) is 10.6. The second-order valence-corrected chi connectivity index (χ2v) is 7.74. The van der Waals surface area contributed by atoms with Gasteiger partial charge in [0.2, 0.25) is 0 Å². The molecule has 1 N–H and O–H groups in total. The van der Waals surface area contributed by atoms with Crippen molar-refractivity contribution >= 4 is 29.9 Å². The lowest BCUT2D eigenvalue weighted by atomic mass is 9.93. The van der Waals surface area contributed by atoms with Gasteiger partial charge in [-0.05, 0) is 23.5 Å². The Kier molecular flexibility index (Phi) is 7.89. The van der Waals surface area contributed by atoms with Gasteiger partial charge in [0.25, 0.3) is 0 Å². The molecule has 2 atom stereocenters. The summed E-state index contributed by atoms with van der Waals surface area (Å²) in [5.41, 5.74) is 2.52. The lowest BCUT2D eigenvalue weighted by Gasteiger charge is -2.39. The van der Waals surface area contributed by atoms with E-state index in [4.69, 9.17) is 0 Å². The number of nitrogens with one attached hydrogen (secondary N) is 1. The summed E-state index contributed by atoms with van der Waals surface area (Å²) < 4.78 is 4.30. The van der Waals surface area contributed by atoms with E-state index in [-0.39, 0.29) is 24.0 Å². The number of likely N-dealkylation sites (tertiary alicyclic amines) is 1. The molecule has 3 aromatic rings. The summed E-state index contributed by atoms with van der Waals surface area (Å²) >= 11 is 0. The summed E-state index contributed by atoms with van der Waals surface area (Å²) in [5.74, 6) is 1.59. The van der Waals surface area contributed by atoms with Crippen LogP contribution < -0.4 is 5.32 Å². The van der Waals surface area contributed by atoms with Gasteiger partial charge in [-0.25, -0.2) is 9.97 Å². The molecule has 1 fully saturated rings. The Labute approximate surface area is 195 Å². The van der Waals surface area contributed by atoms with Crippen LogP contribution in [0.2, 0.25) is 0 Å². The quantitative estimate of drug-likeness (QED) is 0.319. The molecule has 1 aromatic carbocycles. The Morgan fingerprint density at radius 2 is 1.83 bits per heavy atom. The van der Waals surface area contributed by atoms with Gasteiger partial charge in [0.1, 0.15) is 0 Å². The van der Waals surface area contributed by atoms with Crippen LogP contribution in [0.25, 0.3) is 0 Å². The minimum Gasteiger partial charge on any atom is -0.352 e. The van der Waals surface area contributed by atoms with Crippen LogP contribution in [0.4, 0.5) is 0 Å². The Balaban J connectivity index is 0.00000256. The molecule has 3 heterocycles. The third-order valence-electron chi connectivity index (χ3n) is 5.74. The molecule has 160 valence electrons. The van der Waals surface area contributed by atoms with E-state index in [9.17, 15) is 0 Å². The topological polar surface area (TPSA) is 63.3 Å². The lowest BCUT2D eigenvalue weighted by molar-refractivity contribution is 0.189. The van der Waals surface area contributed by atoms with Crippen molar-refractivity contribution in [3.63, 3.8) is 0 Å². The smallest absolute Gasteiger partial charge is 0.193 e. The monoisotopic (exact) mass is 519 g/mol. The van der Waals surface area contributed by atoms with E-state index in [0.717, 1.165) is 38.6 Å². The van der Waals surface area contributed by atoms with Crippen LogP contribution >= 0.6 is 24.0 Å². The van der Waals surface area contributed by atoms with Gasteiger partial charge in [-0.15, -0.1) is 24.0 Å². The molecule has 2 aromatic heterocycles. The maximum Gasteiger partial charge on any atom is 0.193 e. The number of aliphatic imine (C=N–C) groups is 1. The number of benzene rings is 1. The zero-order chi connectivity index (χ0) is 20.1. The molecule has 4 rings (SSSR count). The van der Waals surface area contributed by atoms with Crippen LogP contribution in [-0.2, 0) is 13.1 Å². The predicted molar refractivity (Wildman–Crippen MR) is 130 cm³/mol. The molecule has 30 heavy (non-hydrogen) atoms. The van der Waals surface area contributed by atoms with Crippen molar-refractivity contribution in [2.24, 2.45) is 10.9 Å². The van der Waals surface area contributed by atoms with Crippen LogP contribution in [0.1, 0.15) is 30.5 Å². The van der Waals surface area contributed by atoms with Crippen molar-refractivity contribution in [2.75, 3.05) is 20.1 Å². The summed E-state index contributed by atoms with van der Waals surface area (Å²) in [7, 11) is 1.86. The average molecular weight is 519 g/mol. The van der Waals surface area contributed by atoms with Crippen molar-refractivity contribution in [1.29, 1.82) is 0 Å². The zero-order valence-electron chi connectivity index (χ0n) is 17.6. The van der Waals surface area contributed by atoms with Gasteiger partial charge in [-0.1, -0.05) is 31.2 Å². The van der Waals surface area contributed by atoms with Gasteiger partial charge in [-0.3, -0.25) is 4.99 Å². The molecule has 0 aliphatic carbocycles. The number of guanidine groups is 1. The standard InChI is InChI=1S/C22H29N7.HI/c1-18-7-10-28(15-21(18)29-12-9-25-17-29)22(23-2)26-13-19-3-5-20(6-4-19)14-27-11-8-24-16-27;/h3-6,8-9,11-12,16-18,21H,7,10,13-15H2,1-2H3,(H,23,26);1H. The first-order chi connectivity index (χ1) is 14.2. The molecule has 1 aliphatic heterocycles. The van der Waals surface area contributed by atoms with E-state index in [1.807, 2.05) is 38.3 Å².